The number of alkyl halides is 3. The minimum absolute atomic E-state index is 0.234. The van der Waals surface area contributed by atoms with Crippen molar-refractivity contribution < 1.29 is 31.5 Å². The Bertz CT molecular complexity index is 661. The summed E-state index contributed by atoms with van der Waals surface area (Å²) in [4.78, 5) is 9.64. The first-order valence-corrected chi connectivity index (χ1v) is 7.91. The van der Waals surface area contributed by atoms with Crippen LogP contribution in [0.3, 0.4) is 0 Å². The van der Waals surface area contributed by atoms with Gasteiger partial charge in [0.2, 0.25) is 10.0 Å². The lowest BCUT2D eigenvalue weighted by molar-refractivity contribution is -0.139. The van der Waals surface area contributed by atoms with Crippen molar-refractivity contribution in [3.05, 3.63) is 28.8 Å². The van der Waals surface area contributed by atoms with E-state index in [0.29, 0.717) is 10.4 Å². The zero-order valence-corrected chi connectivity index (χ0v) is 13.0. The normalized spacial score (nSPS) is 12.6. The van der Waals surface area contributed by atoms with E-state index in [-0.39, 0.29) is 13.0 Å². The number of hydrogen-bond acceptors (Lipinski definition) is 3. The van der Waals surface area contributed by atoms with Gasteiger partial charge in [0.15, 0.2) is 0 Å². The van der Waals surface area contributed by atoms with Crippen LogP contribution in [0.2, 0.25) is 5.02 Å². The van der Waals surface area contributed by atoms with Gasteiger partial charge in [-0.25, -0.2) is 8.42 Å². The van der Waals surface area contributed by atoms with Crippen LogP contribution in [0.25, 0.3) is 0 Å². The molecule has 5 nitrogen and oxygen atoms in total. The lowest BCUT2D eigenvalue weighted by atomic mass is 10.2. The number of halogens is 4. The molecule has 0 bridgehead atoms. The van der Waals surface area contributed by atoms with E-state index in [4.69, 9.17) is 16.7 Å². The molecule has 22 heavy (non-hydrogen) atoms. The summed E-state index contributed by atoms with van der Waals surface area (Å²) in [5.74, 6) is -1.47. The molecule has 10 heteroatoms. The third-order valence-corrected chi connectivity index (χ3v) is 5.03. The molecule has 0 aliphatic rings. The summed E-state index contributed by atoms with van der Waals surface area (Å²) in [6.07, 6.45) is -4.70. The Hall–Kier alpha value is -1.32. The van der Waals surface area contributed by atoms with Gasteiger partial charge < -0.3 is 5.11 Å². The minimum Gasteiger partial charge on any atom is -0.480 e. The topological polar surface area (TPSA) is 74.7 Å². The van der Waals surface area contributed by atoms with Crippen LogP contribution in [-0.2, 0) is 21.0 Å². The van der Waals surface area contributed by atoms with Crippen LogP contribution in [0.1, 0.15) is 18.9 Å². The summed E-state index contributed by atoms with van der Waals surface area (Å²) in [7, 11) is -4.70. The number of sulfonamides is 1. The zero-order valence-electron chi connectivity index (χ0n) is 11.4. The van der Waals surface area contributed by atoms with Crippen LogP contribution in [-0.4, -0.2) is 36.9 Å². The van der Waals surface area contributed by atoms with E-state index in [1.54, 1.807) is 6.92 Å². The molecule has 0 saturated carbocycles. The lowest BCUT2D eigenvalue weighted by Crippen LogP contribution is -2.37. The summed E-state index contributed by atoms with van der Waals surface area (Å²) in [6.45, 7) is 0.386. The Morgan fingerprint density at radius 3 is 2.41 bits per heavy atom. The van der Waals surface area contributed by atoms with E-state index in [0.717, 1.165) is 12.1 Å². The number of carbonyl (C=O) groups is 1. The molecule has 0 heterocycles. The van der Waals surface area contributed by atoms with Gasteiger partial charge in [0.25, 0.3) is 0 Å². The van der Waals surface area contributed by atoms with Gasteiger partial charge in [-0.15, -0.1) is 0 Å². The molecule has 1 N–H and O–H groups in total. The molecule has 1 aromatic rings. The smallest absolute Gasteiger partial charge is 0.417 e. The molecule has 1 aromatic carbocycles. The third kappa shape index (κ3) is 4.11. The molecule has 0 atom stereocenters. The van der Waals surface area contributed by atoms with Crippen LogP contribution in [0.5, 0.6) is 0 Å². The highest BCUT2D eigenvalue weighted by Crippen LogP contribution is 2.38. The molecule has 0 aliphatic carbocycles. The highest BCUT2D eigenvalue weighted by molar-refractivity contribution is 7.89. The van der Waals surface area contributed by atoms with Gasteiger partial charge in [0.05, 0.1) is 10.6 Å². The Balaban J connectivity index is 3.53. The van der Waals surface area contributed by atoms with Crippen molar-refractivity contribution in [2.75, 3.05) is 13.1 Å². The van der Waals surface area contributed by atoms with Crippen molar-refractivity contribution in [2.45, 2.75) is 24.4 Å². The Kier molecular flexibility index (Phi) is 5.82. The quantitative estimate of drug-likeness (QED) is 0.847. The molecular formula is C12H13ClF3NO4S. The summed E-state index contributed by atoms with van der Waals surface area (Å²) >= 11 is 5.65. The maximum atomic E-state index is 13.0. The molecule has 1 rings (SSSR count). The van der Waals surface area contributed by atoms with Gasteiger partial charge in [-0.3, -0.25) is 4.79 Å². The summed E-state index contributed by atoms with van der Waals surface area (Å²) in [6, 6.07) is 2.57. The van der Waals surface area contributed by atoms with Crippen molar-refractivity contribution in [1.82, 2.24) is 4.31 Å². The first-order chi connectivity index (χ1) is 10.0. The molecule has 0 saturated heterocycles. The fourth-order valence-corrected chi connectivity index (χ4v) is 4.01. The fourth-order valence-electron chi connectivity index (χ4n) is 1.81. The second kappa shape index (κ2) is 6.84. The highest BCUT2D eigenvalue weighted by Gasteiger charge is 2.40. The maximum Gasteiger partial charge on any atom is 0.417 e. The monoisotopic (exact) mass is 359 g/mol. The van der Waals surface area contributed by atoms with Crippen molar-refractivity contribution >= 4 is 27.6 Å². The Morgan fingerprint density at radius 1 is 1.36 bits per heavy atom. The van der Waals surface area contributed by atoms with Crippen LogP contribution < -0.4 is 0 Å². The Morgan fingerprint density at radius 2 is 1.95 bits per heavy atom. The standard InChI is InChI=1S/C12H13ClF3NO4S/c1-2-6-17(7-10(18)19)22(20,21)11-8(12(14,15)16)4-3-5-9(11)13/h3-5H,2,6-7H2,1H3,(H,18,19). The van der Waals surface area contributed by atoms with Gasteiger partial charge in [-0.05, 0) is 18.6 Å². The lowest BCUT2D eigenvalue weighted by Gasteiger charge is -2.22. The molecule has 0 aliphatic heterocycles. The van der Waals surface area contributed by atoms with E-state index < -0.39 is 44.2 Å². The molecular weight excluding hydrogens is 347 g/mol. The fraction of sp³-hybridized carbons (Fsp3) is 0.417. The summed E-state index contributed by atoms with van der Waals surface area (Å²) in [5, 5.41) is 8.15. The number of rotatable bonds is 6. The number of hydrogen-bond donors (Lipinski definition) is 1. The SMILES string of the molecule is CCCN(CC(=O)O)S(=O)(=O)c1c(Cl)cccc1C(F)(F)F. The summed E-state index contributed by atoms with van der Waals surface area (Å²) in [5.41, 5.74) is -1.42. The molecule has 0 aromatic heterocycles. The van der Waals surface area contributed by atoms with E-state index in [2.05, 4.69) is 0 Å². The molecule has 0 amide bonds. The van der Waals surface area contributed by atoms with Crippen molar-refractivity contribution in [2.24, 2.45) is 0 Å². The predicted octanol–water partition coefficient (Wildman–Crippen LogP) is 2.84. The average Bonchev–Trinajstić information content (AvgIpc) is 2.36. The van der Waals surface area contributed by atoms with Crippen LogP contribution in [0.4, 0.5) is 13.2 Å². The van der Waals surface area contributed by atoms with Gasteiger partial charge >= 0.3 is 12.1 Å². The van der Waals surface area contributed by atoms with Crippen molar-refractivity contribution in [1.29, 1.82) is 0 Å². The Labute approximate surface area is 130 Å². The van der Waals surface area contributed by atoms with Crippen LogP contribution in [0.15, 0.2) is 23.1 Å². The van der Waals surface area contributed by atoms with E-state index in [9.17, 15) is 26.4 Å². The minimum atomic E-state index is -4.94. The molecule has 0 radical (unpaired) electrons. The second-order valence-electron chi connectivity index (χ2n) is 4.35. The van der Waals surface area contributed by atoms with Crippen molar-refractivity contribution in [3.63, 3.8) is 0 Å². The summed E-state index contributed by atoms with van der Waals surface area (Å²) < 4.78 is 64.4. The number of carboxylic acid groups (broad SMARTS) is 1. The molecule has 0 fully saturated rings. The average molecular weight is 360 g/mol. The number of benzene rings is 1. The zero-order chi connectivity index (χ0) is 17.1. The molecule has 124 valence electrons. The highest BCUT2D eigenvalue weighted by atomic mass is 35.5. The predicted molar refractivity (Wildman–Crippen MR) is 73.1 cm³/mol. The van der Waals surface area contributed by atoms with Gasteiger partial charge in [-0.2, -0.15) is 17.5 Å². The maximum absolute atomic E-state index is 13.0. The van der Waals surface area contributed by atoms with Crippen LogP contribution in [0, 0.1) is 0 Å². The third-order valence-electron chi connectivity index (χ3n) is 2.65. The van der Waals surface area contributed by atoms with Crippen molar-refractivity contribution in [3.8, 4) is 0 Å². The van der Waals surface area contributed by atoms with Gasteiger partial charge in [-0.1, -0.05) is 24.6 Å². The second-order valence-corrected chi connectivity index (χ2v) is 6.63. The van der Waals surface area contributed by atoms with E-state index in [1.807, 2.05) is 0 Å². The van der Waals surface area contributed by atoms with E-state index in [1.165, 1.54) is 0 Å². The number of carboxylic acids is 1. The largest absolute Gasteiger partial charge is 0.480 e. The van der Waals surface area contributed by atoms with Crippen LogP contribution >= 0.6 is 11.6 Å². The van der Waals surface area contributed by atoms with Gasteiger partial charge in [0, 0.05) is 6.54 Å². The first-order valence-electron chi connectivity index (χ1n) is 6.09. The van der Waals surface area contributed by atoms with Gasteiger partial charge in [0.1, 0.15) is 11.4 Å². The first kappa shape index (κ1) is 18.7. The number of aliphatic carboxylic acids is 1. The van der Waals surface area contributed by atoms with E-state index >= 15 is 0 Å². The molecule has 0 spiro atoms. The number of nitrogens with zero attached hydrogens (tertiary/aromatic N) is 1. The molecule has 0 unspecified atom stereocenters.